The van der Waals surface area contributed by atoms with Crippen LogP contribution in [0, 0.1) is 0 Å². The smallest absolute Gasteiger partial charge is 0.387 e. The minimum absolute atomic E-state index is 0.0944. The zero-order valence-corrected chi connectivity index (χ0v) is 13.2. The number of hydrogen-bond acceptors (Lipinski definition) is 3. The quantitative estimate of drug-likeness (QED) is 0.852. The zero-order chi connectivity index (χ0) is 17.1. The van der Waals surface area contributed by atoms with Crippen LogP contribution < -0.4 is 14.4 Å². The average Bonchev–Trinajstić information content (AvgIpc) is 2.60. The predicted molar refractivity (Wildman–Crippen MR) is 86.1 cm³/mol. The third-order valence-corrected chi connectivity index (χ3v) is 3.98. The molecule has 0 N–H and O–H groups in total. The van der Waals surface area contributed by atoms with Crippen LogP contribution in [0.15, 0.2) is 42.5 Å². The van der Waals surface area contributed by atoms with Gasteiger partial charge in [-0.25, -0.2) is 0 Å². The van der Waals surface area contributed by atoms with Crippen molar-refractivity contribution in [3.63, 3.8) is 0 Å². The van der Waals surface area contributed by atoms with E-state index >= 15 is 0 Å². The number of rotatable bonds is 4. The van der Waals surface area contributed by atoms with Gasteiger partial charge >= 0.3 is 6.61 Å². The van der Waals surface area contributed by atoms with E-state index in [1.165, 1.54) is 25.3 Å². The molecule has 1 amide bonds. The van der Waals surface area contributed by atoms with Gasteiger partial charge in [-0.05, 0) is 42.7 Å². The van der Waals surface area contributed by atoms with Crippen molar-refractivity contribution in [1.82, 2.24) is 0 Å². The molecule has 0 saturated carbocycles. The van der Waals surface area contributed by atoms with E-state index in [0.717, 1.165) is 24.1 Å². The Morgan fingerprint density at radius 2 is 1.96 bits per heavy atom. The number of nitrogens with zero attached hydrogens (tertiary/aromatic N) is 1. The molecule has 3 rings (SSSR count). The van der Waals surface area contributed by atoms with Gasteiger partial charge in [0.2, 0.25) is 0 Å². The van der Waals surface area contributed by atoms with E-state index in [1.54, 1.807) is 4.90 Å². The van der Waals surface area contributed by atoms with Crippen molar-refractivity contribution in [3.05, 3.63) is 53.6 Å². The number of fused-ring (bicyclic) bond motifs is 1. The number of aryl methyl sites for hydroxylation is 1. The van der Waals surface area contributed by atoms with Crippen LogP contribution in [0.3, 0.4) is 0 Å². The molecule has 2 aromatic rings. The Morgan fingerprint density at radius 1 is 1.17 bits per heavy atom. The maximum atomic E-state index is 12.8. The van der Waals surface area contributed by atoms with Crippen LogP contribution >= 0.6 is 0 Å². The molecule has 1 heterocycles. The number of alkyl halides is 2. The van der Waals surface area contributed by atoms with E-state index in [2.05, 4.69) is 4.74 Å². The number of para-hydroxylation sites is 1. The van der Waals surface area contributed by atoms with Gasteiger partial charge in [-0.3, -0.25) is 4.79 Å². The van der Waals surface area contributed by atoms with Crippen molar-refractivity contribution in [1.29, 1.82) is 0 Å². The molecule has 1 aliphatic heterocycles. The third-order valence-electron chi connectivity index (χ3n) is 3.98. The standard InChI is InChI=1S/C18H17F2NO3/c1-23-16-11-13(8-9-15(16)24-18(19)20)17(22)21-10-4-6-12-5-2-3-7-14(12)21/h2-3,5,7-9,11,18H,4,6,10H2,1H3. The molecule has 0 spiro atoms. The lowest BCUT2D eigenvalue weighted by atomic mass is 10.0. The summed E-state index contributed by atoms with van der Waals surface area (Å²) in [5.41, 5.74) is 2.38. The van der Waals surface area contributed by atoms with Crippen molar-refractivity contribution < 1.29 is 23.0 Å². The Morgan fingerprint density at radius 3 is 2.71 bits per heavy atom. The number of anilines is 1. The second kappa shape index (κ2) is 6.86. The summed E-state index contributed by atoms with van der Waals surface area (Å²) >= 11 is 0. The largest absolute Gasteiger partial charge is 0.493 e. The highest BCUT2D eigenvalue weighted by Crippen LogP contribution is 2.32. The van der Waals surface area contributed by atoms with E-state index < -0.39 is 6.61 Å². The maximum absolute atomic E-state index is 12.8. The first kappa shape index (κ1) is 16.2. The molecule has 126 valence electrons. The fourth-order valence-corrected chi connectivity index (χ4v) is 2.89. The molecule has 0 radical (unpaired) electrons. The molecule has 0 bridgehead atoms. The Labute approximate surface area is 138 Å². The Kier molecular flexibility index (Phi) is 4.64. The van der Waals surface area contributed by atoms with Crippen LogP contribution in [0.1, 0.15) is 22.3 Å². The first-order valence-electron chi connectivity index (χ1n) is 7.63. The number of amides is 1. The van der Waals surface area contributed by atoms with Gasteiger partial charge in [0.15, 0.2) is 11.5 Å². The van der Waals surface area contributed by atoms with E-state index in [9.17, 15) is 13.6 Å². The van der Waals surface area contributed by atoms with Crippen molar-refractivity contribution in [3.8, 4) is 11.5 Å². The molecule has 0 aromatic heterocycles. The summed E-state index contributed by atoms with van der Waals surface area (Å²) < 4.78 is 34.3. The summed E-state index contributed by atoms with van der Waals surface area (Å²) in [6, 6.07) is 12.0. The third kappa shape index (κ3) is 3.18. The maximum Gasteiger partial charge on any atom is 0.387 e. The van der Waals surface area contributed by atoms with Gasteiger partial charge in [0.25, 0.3) is 5.91 Å². The van der Waals surface area contributed by atoms with Gasteiger partial charge in [0.1, 0.15) is 0 Å². The minimum Gasteiger partial charge on any atom is -0.493 e. The normalized spacial score (nSPS) is 13.6. The first-order chi connectivity index (χ1) is 11.6. The highest BCUT2D eigenvalue weighted by molar-refractivity contribution is 6.07. The fraction of sp³-hybridized carbons (Fsp3) is 0.278. The van der Waals surface area contributed by atoms with Crippen LogP contribution in [0.2, 0.25) is 0 Å². The first-order valence-corrected chi connectivity index (χ1v) is 7.63. The topological polar surface area (TPSA) is 38.8 Å². The summed E-state index contributed by atoms with van der Waals surface area (Å²) in [6.45, 7) is -2.33. The fourth-order valence-electron chi connectivity index (χ4n) is 2.89. The van der Waals surface area contributed by atoms with Crippen LogP contribution in [0.4, 0.5) is 14.5 Å². The van der Waals surface area contributed by atoms with E-state index in [-0.39, 0.29) is 17.4 Å². The number of ether oxygens (including phenoxy) is 2. The molecule has 0 aliphatic carbocycles. The Bertz CT molecular complexity index is 749. The summed E-state index contributed by atoms with van der Waals surface area (Å²) in [7, 11) is 1.35. The van der Waals surface area contributed by atoms with Crippen LogP contribution in [0.25, 0.3) is 0 Å². The average molecular weight is 333 g/mol. The molecule has 4 nitrogen and oxygen atoms in total. The minimum atomic E-state index is -2.95. The van der Waals surface area contributed by atoms with Gasteiger partial charge in [0, 0.05) is 17.8 Å². The molecule has 0 saturated heterocycles. The van der Waals surface area contributed by atoms with Crippen molar-refractivity contribution >= 4 is 11.6 Å². The molecule has 2 aromatic carbocycles. The lowest BCUT2D eigenvalue weighted by Crippen LogP contribution is -2.35. The summed E-state index contributed by atoms with van der Waals surface area (Å²) in [5, 5.41) is 0. The van der Waals surface area contributed by atoms with Gasteiger partial charge in [-0.15, -0.1) is 0 Å². The van der Waals surface area contributed by atoms with Gasteiger partial charge in [0.05, 0.1) is 7.11 Å². The SMILES string of the molecule is COc1cc(C(=O)N2CCCc3ccccc32)ccc1OC(F)F. The number of methoxy groups -OCH3 is 1. The highest BCUT2D eigenvalue weighted by atomic mass is 19.3. The molecule has 0 unspecified atom stereocenters. The number of carbonyl (C=O) groups excluding carboxylic acids is 1. The second-order valence-corrected chi connectivity index (χ2v) is 5.43. The van der Waals surface area contributed by atoms with Gasteiger partial charge in [-0.2, -0.15) is 8.78 Å². The number of carbonyl (C=O) groups is 1. The van der Waals surface area contributed by atoms with Crippen molar-refractivity contribution in [2.75, 3.05) is 18.6 Å². The molecular weight excluding hydrogens is 316 g/mol. The van der Waals surface area contributed by atoms with Crippen molar-refractivity contribution in [2.45, 2.75) is 19.5 Å². The molecule has 0 fully saturated rings. The number of hydrogen-bond donors (Lipinski definition) is 0. The molecule has 6 heteroatoms. The van der Waals surface area contributed by atoms with E-state index in [4.69, 9.17) is 4.74 Å². The number of benzene rings is 2. The zero-order valence-electron chi connectivity index (χ0n) is 13.2. The Hall–Kier alpha value is -2.63. The molecule has 1 aliphatic rings. The molecule has 24 heavy (non-hydrogen) atoms. The predicted octanol–water partition coefficient (Wildman–Crippen LogP) is 3.89. The van der Waals surface area contributed by atoms with Crippen LogP contribution in [-0.4, -0.2) is 26.2 Å². The highest BCUT2D eigenvalue weighted by Gasteiger charge is 2.24. The summed E-state index contributed by atoms with van der Waals surface area (Å²) in [4.78, 5) is 14.6. The van der Waals surface area contributed by atoms with Gasteiger partial charge in [-0.1, -0.05) is 18.2 Å². The van der Waals surface area contributed by atoms with E-state index in [1.807, 2.05) is 24.3 Å². The van der Waals surface area contributed by atoms with E-state index in [0.29, 0.717) is 12.1 Å². The lowest BCUT2D eigenvalue weighted by molar-refractivity contribution is -0.0512. The number of halogens is 2. The van der Waals surface area contributed by atoms with Crippen LogP contribution in [-0.2, 0) is 6.42 Å². The monoisotopic (exact) mass is 333 g/mol. The van der Waals surface area contributed by atoms with Crippen LogP contribution in [0.5, 0.6) is 11.5 Å². The van der Waals surface area contributed by atoms with Gasteiger partial charge < -0.3 is 14.4 Å². The lowest BCUT2D eigenvalue weighted by Gasteiger charge is -2.29. The van der Waals surface area contributed by atoms with Crippen molar-refractivity contribution in [2.24, 2.45) is 0 Å². The summed E-state index contributed by atoms with van der Waals surface area (Å²) in [6.07, 6.45) is 1.82. The Balaban J connectivity index is 1.91. The summed E-state index contributed by atoms with van der Waals surface area (Å²) in [5.74, 6) is -0.182. The molecular formula is C18H17F2NO3. The second-order valence-electron chi connectivity index (χ2n) is 5.43. The molecule has 0 atom stereocenters.